The molecule has 2 atom stereocenters. The van der Waals surface area contributed by atoms with Crippen LogP contribution in [0.1, 0.15) is 24.0 Å². The molecule has 7 heteroatoms. The highest BCUT2D eigenvalue weighted by Crippen LogP contribution is 2.34. The van der Waals surface area contributed by atoms with Crippen molar-refractivity contribution >= 4 is 16.1 Å². The first-order valence-electron chi connectivity index (χ1n) is 9.08. The second kappa shape index (κ2) is 7.06. The van der Waals surface area contributed by atoms with Gasteiger partial charge in [-0.05, 0) is 49.2 Å². The molecule has 2 N–H and O–H groups in total. The quantitative estimate of drug-likeness (QED) is 0.779. The van der Waals surface area contributed by atoms with Gasteiger partial charge in [-0.3, -0.25) is 4.90 Å². The summed E-state index contributed by atoms with van der Waals surface area (Å²) in [4.78, 5) is 2.66. The Morgan fingerprint density at radius 1 is 1.22 bits per heavy atom. The maximum absolute atomic E-state index is 12.6. The number of rotatable bonds is 2. The third kappa shape index (κ3) is 3.75. The molecule has 0 amide bonds. The van der Waals surface area contributed by atoms with Crippen LogP contribution in [0, 0.1) is 11.3 Å². The maximum Gasteiger partial charge on any atom is 0.198 e. The Balaban J connectivity index is 1.55. The zero-order valence-corrected chi connectivity index (χ0v) is 15.8. The largest absolute Gasteiger partial charge is 0.593 e. The second-order valence-corrected chi connectivity index (χ2v) is 9.08. The van der Waals surface area contributed by atoms with Crippen molar-refractivity contribution in [2.45, 2.75) is 29.8 Å². The van der Waals surface area contributed by atoms with E-state index in [1.54, 1.807) is 12.1 Å². The highest BCUT2D eigenvalue weighted by Gasteiger charge is 2.42. The lowest BCUT2D eigenvalue weighted by atomic mass is 9.88. The fourth-order valence-electron chi connectivity index (χ4n) is 4.00. The molecule has 2 aliphatic rings. The van der Waals surface area contributed by atoms with Crippen LogP contribution < -0.4 is 10.0 Å². The zero-order valence-electron chi connectivity index (χ0n) is 15.0. The Morgan fingerprint density at radius 3 is 2.78 bits per heavy atom. The number of hydrogen-bond acceptors (Lipinski definition) is 5. The van der Waals surface area contributed by atoms with Gasteiger partial charge in [0.2, 0.25) is 0 Å². The molecule has 0 aromatic heterocycles. The summed E-state index contributed by atoms with van der Waals surface area (Å²) in [6, 6.07) is 16.9. The van der Waals surface area contributed by atoms with Crippen molar-refractivity contribution in [2.75, 3.05) is 25.0 Å². The first-order valence-corrected chi connectivity index (χ1v) is 10.6. The molecule has 2 heterocycles. The van der Waals surface area contributed by atoms with Crippen molar-refractivity contribution in [2.24, 2.45) is 0 Å². The van der Waals surface area contributed by atoms with Gasteiger partial charge >= 0.3 is 0 Å². The molecule has 2 aliphatic heterocycles. The van der Waals surface area contributed by atoms with Crippen molar-refractivity contribution in [3.8, 4) is 6.07 Å². The predicted octanol–water partition coefficient (Wildman–Crippen LogP) is 2.51. The molecule has 0 radical (unpaired) electrons. The van der Waals surface area contributed by atoms with Gasteiger partial charge in [-0.15, -0.1) is 4.72 Å². The fourth-order valence-corrected chi connectivity index (χ4v) is 5.28. The van der Waals surface area contributed by atoms with Gasteiger partial charge in [0.1, 0.15) is 0 Å². The minimum atomic E-state index is -3.50. The van der Waals surface area contributed by atoms with E-state index in [9.17, 15) is 8.76 Å². The van der Waals surface area contributed by atoms with E-state index < -0.39 is 10.4 Å². The number of nitriles is 1. The normalized spacial score (nSPS) is 28.0. The van der Waals surface area contributed by atoms with E-state index in [1.807, 2.05) is 36.4 Å². The standard InChI is InChI=1S/C20H22N4O2S/c21-12-16-6-8-17(9-7-16)13-24-11-3-10-20(15-24)14-22-27(25,26)19-5-2-1-4-18(19)23-20/h1-2,4-9,23H,3,10-11,13-15H2,(H-,22,25,26). The fraction of sp³-hybridized carbons (Fsp3) is 0.350. The van der Waals surface area contributed by atoms with Gasteiger partial charge in [-0.1, -0.05) is 28.5 Å². The van der Waals surface area contributed by atoms with Gasteiger partial charge < -0.3 is 9.87 Å². The van der Waals surface area contributed by atoms with Crippen LogP contribution in [0.5, 0.6) is 0 Å². The molecule has 1 saturated heterocycles. The van der Waals surface area contributed by atoms with E-state index in [-0.39, 0.29) is 5.54 Å². The third-order valence-electron chi connectivity index (χ3n) is 5.32. The summed E-state index contributed by atoms with van der Waals surface area (Å²) in [5.74, 6) is 0. The zero-order chi connectivity index (χ0) is 18.9. The summed E-state index contributed by atoms with van der Waals surface area (Å²) in [6.07, 6.45) is 1.90. The van der Waals surface area contributed by atoms with Crippen LogP contribution in [-0.2, 0) is 21.2 Å². The molecule has 6 nitrogen and oxygen atoms in total. The average Bonchev–Trinajstić information content (AvgIpc) is 2.78. The number of anilines is 1. The number of hydrogen-bond donors (Lipinski definition) is 2. The molecule has 0 bridgehead atoms. The van der Waals surface area contributed by atoms with E-state index in [0.29, 0.717) is 22.7 Å². The van der Waals surface area contributed by atoms with E-state index in [0.717, 1.165) is 38.0 Å². The van der Waals surface area contributed by atoms with Gasteiger partial charge in [0.25, 0.3) is 0 Å². The van der Waals surface area contributed by atoms with E-state index in [2.05, 4.69) is 21.0 Å². The second-order valence-electron chi connectivity index (χ2n) is 7.35. The van der Waals surface area contributed by atoms with Crippen molar-refractivity contribution in [3.63, 3.8) is 0 Å². The molecular formula is C20H22N4O2S. The minimum Gasteiger partial charge on any atom is -0.593 e. The van der Waals surface area contributed by atoms with Crippen molar-refractivity contribution in [1.82, 2.24) is 9.62 Å². The first kappa shape index (κ1) is 18.1. The Bertz CT molecular complexity index is 924. The van der Waals surface area contributed by atoms with Gasteiger partial charge in [-0.2, -0.15) is 5.26 Å². The SMILES string of the molecule is N#Cc1ccc(CN2CCCC3(CN[S+](=O)([O-])c4ccccc4N3)C2)cc1. The number of nitrogens with zero attached hydrogens (tertiary/aromatic N) is 2. The number of sulfonamides is 1. The molecule has 2 unspecified atom stereocenters. The first-order chi connectivity index (χ1) is 13.0. The molecule has 1 fully saturated rings. The molecule has 0 aliphatic carbocycles. The van der Waals surface area contributed by atoms with Crippen molar-refractivity contribution < 1.29 is 8.76 Å². The number of para-hydroxylation sites is 1. The van der Waals surface area contributed by atoms with Crippen LogP contribution in [0.2, 0.25) is 0 Å². The van der Waals surface area contributed by atoms with Crippen molar-refractivity contribution in [1.29, 1.82) is 5.26 Å². The van der Waals surface area contributed by atoms with E-state index >= 15 is 0 Å². The maximum atomic E-state index is 12.6. The Kier molecular flexibility index (Phi) is 4.74. The van der Waals surface area contributed by atoms with Gasteiger partial charge in [0.05, 0.1) is 29.4 Å². The van der Waals surface area contributed by atoms with Gasteiger partial charge in [-0.25, -0.2) is 0 Å². The lowest BCUT2D eigenvalue weighted by Crippen LogP contribution is -2.57. The van der Waals surface area contributed by atoms with E-state index in [4.69, 9.17) is 5.26 Å². The van der Waals surface area contributed by atoms with Crippen LogP contribution in [0.25, 0.3) is 0 Å². The van der Waals surface area contributed by atoms with Gasteiger partial charge in [0.15, 0.2) is 15.3 Å². The average molecular weight is 382 g/mol. The number of fused-ring (bicyclic) bond motifs is 1. The third-order valence-corrected chi connectivity index (χ3v) is 6.78. The molecule has 2 aromatic rings. The number of likely N-dealkylation sites (tertiary alicyclic amines) is 1. The molecular weight excluding hydrogens is 360 g/mol. The Hall–Kier alpha value is -2.24. The summed E-state index contributed by atoms with van der Waals surface area (Å²) < 4.78 is 27.9. The molecule has 4 rings (SSSR count). The smallest absolute Gasteiger partial charge is 0.198 e. The van der Waals surface area contributed by atoms with Crippen LogP contribution in [0.4, 0.5) is 5.69 Å². The lowest BCUT2D eigenvalue weighted by Gasteiger charge is -2.42. The highest BCUT2D eigenvalue weighted by molar-refractivity contribution is 7.96. The number of nitrogens with one attached hydrogen (secondary N) is 2. The molecule has 27 heavy (non-hydrogen) atoms. The monoisotopic (exact) mass is 382 g/mol. The number of piperidine rings is 1. The summed E-state index contributed by atoms with van der Waals surface area (Å²) in [5, 5.41) is 12.5. The summed E-state index contributed by atoms with van der Waals surface area (Å²) >= 11 is 0. The summed E-state index contributed by atoms with van der Waals surface area (Å²) in [6.45, 7) is 2.87. The van der Waals surface area contributed by atoms with Crippen LogP contribution in [0.3, 0.4) is 0 Å². The predicted molar refractivity (Wildman–Crippen MR) is 104 cm³/mol. The Labute approximate surface area is 160 Å². The minimum absolute atomic E-state index is 0.311. The Morgan fingerprint density at radius 2 is 2.00 bits per heavy atom. The van der Waals surface area contributed by atoms with E-state index in [1.165, 1.54) is 0 Å². The van der Waals surface area contributed by atoms with Crippen LogP contribution >= 0.6 is 0 Å². The molecule has 140 valence electrons. The lowest BCUT2D eigenvalue weighted by molar-refractivity contribution is 0.156. The number of benzene rings is 2. The summed E-state index contributed by atoms with van der Waals surface area (Å²) in [7, 11) is -3.50. The molecule has 0 saturated carbocycles. The van der Waals surface area contributed by atoms with Crippen LogP contribution in [-0.4, -0.2) is 34.6 Å². The molecule has 1 spiro atoms. The van der Waals surface area contributed by atoms with Crippen LogP contribution in [0.15, 0.2) is 53.4 Å². The summed E-state index contributed by atoms with van der Waals surface area (Å²) in [5.41, 5.74) is 2.15. The van der Waals surface area contributed by atoms with Crippen molar-refractivity contribution in [3.05, 3.63) is 59.7 Å². The molecule has 2 aromatic carbocycles. The van der Waals surface area contributed by atoms with Gasteiger partial charge in [0, 0.05) is 13.1 Å². The topological polar surface area (TPSA) is 91.2 Å². The highest BCUT2D eigenvalue weighted by atomic mass is 32.3.